The third kappa shape index (κ3) is 3.48. The van der Waals surface area contributed by atoms with Gasteiger partial charge in [0.1, 0.15) is 19.0 Å². The Morgan fingerprint density at radius 3 is 2.68 bits per heavy atom. The molecule has 0 atom stereocenters. The molecule has 22 heavy (non-hydrogen) atoms. The zero-order valence-corrected chi connectivity index (χ0v) is 14.0. The van der Waals surface area contributed by atoms with E-state index in [4.69, 9.17) is 25.6 Å². The highest BCUT2D eigenvalue weighted by Crippen LogP contribution is 2.38. The average Bonchev–Trinajstić information content (AvgIpc) is 2.79. The number of aryl methyl sites for hydroxylation is 2. The maximum Gasteiger partial charge on any atom is 0.179 e. The zero-order chi connectivity index (χ0) is 14.8. The van der Waals surface area contributed by atoms with E-state index < -0.39 is 0 Å². The summed E-state index contributed by atoms with van der Waals surface area (Å²) in [6.07, 6.45) is 0. The maximum atomic E-state index is 6.22. The third-order valence-corrected chi connectivity index (χ3v) is 3.75. The summed E-state index contributed by atoms with van der Waals surface area (Å²) in [6, 6.07) is 3.86. The van der Waals surface area contributed by atoms with Crippen LogP contribution in [0.3, 0.4) is 0 Å². The topological polar surface area (TPSA) is 56.5 Å². The quantitative estimate of drug-likeness (QED) is 0.920. The van der Waals surface area contributed by atoms with E-state index in [1.807, 2.05) is 26.0 Å². The highest BCUT2D eigenvalue weighted by Gasteiger charge is 2.16. The molecule has 0 amide bonds. The number of ether oxygens (including phenoxy) is 2. The van der Waals surface area contributed by atoms with Crippen molar-refractivity contribution in [3.63, 3.8) is 0 Å². The van der Waals surface area contributed by atoms with E-state index >= 15 is 0 Å². The lowest BCUT2D eigenvalue weighted by molar-refractivity contribution is 0.171. The van der Waals surface area contributed by atoms with Crippen molar-refractivity contribution in [3.05, 3.63) is 39.7 Å². The molecule has 0 fully saturated rings. The Hall–Kier alpha value is -1.43. The number of benzene rings is 1. The fraction of sp³-hybridized carbons (Fsp3) is 0.400. The van der Waals surface area contributed by atoms with Gasteiger partial charge in [0, 0.05) is 18.7 Å². The van der Waals surface area contributed by atoms with Crippen LogP contribution >= 0.6 is 24.0 Å². The van der Waals surface area contributed by atoms with E-state index in [1.165, 1.54) is 0 Å². The molecule has 1 N–H and O–H groups in total. The van der Waals surface area contributed by atoms with Crippen molar-refractivity contribution >= 4 is 24.0 Å². The van der Waals surface area contributed by atoms with Crippen LogP contribution in [-0.4, -0.2) is 18.4 Å². The normalized spacial score (nSPS) is 12.9. The van der Waals surface area contributed by atoms with Crippen molar-refractivity contribution in [2.45, 2.75) is 26.9 Å². The molecule has 2 aromatic rings. The lowest BCUT2D eigenvalue weighted by Crippen LogP contribution is -2.17. The second-order valence-corrected chi connectivity index (χ2v) is 5.42. The minimum absolute atomic E-state index is 0. The van der Waals surface area contributed by atoms with E-state index in [-0.39, 0.29) is 12.4 Å². The van der Waals surface area contributed by atoms with Gasteiger partial charge >= 0.3 is 0 Å². The van der Waals surface area contributed by atoms with E-state index in [9.17, 15) is 0 Å². The molecule has 0 aliphatic carbocycles. The maximum absolute atomic E-state index is 6.22. The minimum Gasteiger partial charge on any atom is -0.486 e. The predicted octanol–water partition coefficient (Wildman–Crippen LogP) is 3.43. The van der Waals surface area contributed by atoms with Crippen LogP contribution in [0.25, 0.3) is 0 Å². The monoisotopic (exact) mass is 344 g/mol. The minimum atomic E-state index is 0. The number of nitrogens with zero attached hydrogens (tertiary/aromatic N) is 1. The lowest BCUT2D eigenvalue weighted by Gasteiger charge is -2.20. The molecule has 1 aromatic heterocycles. The molecule has 0 radical (unpaired) electrons. The molecule has 0 saturated carbocycles. The second kappa shape index (κ2) is 7.22. The predicted molar refractivity (Wildman–Crippen MR) is 86.2 cm³/mol. The summed E-state index contributed by atoms with van der Waals surface area (Å²) < 4.78 is 16.2. The molecular formula is C15H18Cl2N2O3. The summed E-state index contributed by atoms with van der Waals surface area (Å²) in [5.41, 5.74) is 3.06. The zero-order valence-electron chi connectivity index (χ0n) is 12.4. The van der Waals surface area contributed by atoms with Crippen molar-refractivity contribution in [2.24, 2.45) is 0 Å². The van der Waals surface area contributed by atoms with Gasteiger partial charge in [0.25, 0.3) is 0 Å². The summed E-state index contributed by atoms with van der Waals surface area (Å²) in [5.74, 6) is 2.19. The molecule has 0 bridgehead atoms. The molecule has 0 unspecified atom stereocenters. The molecule has 1 aromatic carbocycles. The number of fused-ring (bicyclic) bond motifs is 1. The Morgan fingerprint density at radius 2 is 1.95 bits per heavy atom. The number of hydrogen-bond acceptors (Lipinski definition) is 5. The van der Waals surface area contributed by atoms with Gasteiger partial charge in [-0.1, -0.05) is 16.8 Å². The number of rotatable bonds is 4. The summed E-state index contributed by atoms with van der Waals surface area (Å²) in [5, 5.41) is 7.89. The smallest absolute Gasteiger partial charge is 0.179 e. The van der Waals surface area contributed by atoms with Crippen molar-refractivity contribution in [3.8, 4) is 11.5 Å². The molecule has 7 heteroatoms. The van der Waals surface area contributed by atoms with Crippen LogP contribution in [0.1, 0.15) is 22.6 Å². The molecule has 2 heterocycles. The van der Waals surface area contributed by atoms with E-state index in [0.29, 0.717) is 42.8 Å². The fourth-order valence-electron chi connectivity index (χ4n) is 2.35. The Labute approximate surface area is 140 Å². The van der Waals surface area contributed by atoms with Crippen LogP contribution in [0.2, 0.25) is 5.02 Å². The molecule has 5 nitrogen and oxygen atoms in total. The van der Waals surface area contributed by atoms with Crippen LogP contribution in [-0.2, 0) is 13.1 Å². The number of hydrogen-bond donors (Lipinski definition) is 1. The van der Waals surface area contributed by atoms with Crippen molar-refractivity contribution in [2.75, 3.05) is 13.2 Å². The fourth-order valence-corrected chi connectivity index (χ4v) is 2.64. The standard InChI is InChI=1S/C15H17ClN2O3.ClH/c1-9-12(10(2)21-18-9)8-17-7-11-5-13(16)15-14(6-11)19-3-4-20-15;/h5-6,17H,3-4,7-8H2,1-2H3;1H. The van der Waals surface area contributed by atoms with E-state index in [2.05, 4.69) is 10.5 Å². The van der Waals surface area contributed by atoms with E-state index in [0.717, 1.165) is 22.6 Å². The average molecular weight is 345 g/mol. The molecule has 1 aliphatic heterocycles. The van der Waals surface area contributed by atoms with Crippen molar-refractivity contribution in [1.82, 2.24) is 10.5 Å². The Balaban J connectivity index is 0.00000176. The first kappa shape index (κ1) is 16.9. The van der Waals surface area contributed by atoms with Crippen molar-refractivity contribution < 1.29 is 14.0 Å². The van der Waals surface area contributed by atoms with Gasteiger partial charge in [-0.05, 0) is 31.5 Å². The lowest BCUT2D eigenvalue weighted by atomic mass is 10.1. The Bertz CT molecular complexity index is 639. The highest BCUT2D eigenvalue weighted by molar-refractivity contribution is 6.32. The first-order valence-corrected chi connectivity index (χ1v) is 7.23. The first-order chi connectivity index (χ1) is 10.1. The number of nitrogens with one attached hydrogen (secondary N) is 1. The third-order valence-electron chi connectivity index (χ3n) is 3.47. The van der Waals surface area contributed by atoms with Crippen LogP contribution in [0.5, 0.6) is 11.5 Å². The van der Waals surface area contributed by atoms with Gasteiger partial charge in [-0.25, -0.2) is 0 Å². The summed E-state index contributed by atoms with van der Waals surface area (Å²) >= 11 is 6.22. The van der Waals surface area contributed by atoms with Gasteiger partial charge in [0.2, 0.25) is 0 Å². The highest BCUT2D eigenvalue weighted by atomic mass is 35.5. The molecular weight excluding hydrogens is 327 g/mol. The Morgan fingerprint density at radius 1 is 1.18 bits per heavy atom. The Kier molecular flexibility index (Phi) is 5.56. The molecule has 0 saturated heterocycles. The van der Waals surface area contributed by atoms with Gasteiger partial charge in [-0.3, -0.25) is 0 Å². The van der Waals surface area contributed by atoms with Crippen LogP contribution in [0.15, 0.2) is 16.7 Å². The van der Waals surface area contributed by atoms with Crippen molar-refractivity contribution in [1.29, 1.82) is 0 Å². The second-order valence-electron chi connectivity index (χ2n) is 5.01. The van der Waals surface area contributed by atoms with E-state index in [1.54, 1.807) is 0 Å². The summed E-state index contributed by atoms with van der Waals surface area (Å²) in [6.45, 7) is 6.33. The largest absolute Gasteiger partial charge is 0.486 e. The number of aromatic nitrogens is 1. The molecule has 1 aliphatic rings. The SMILES string of the molecule is Cc1noc(C)c1CNCc1cc(Cl)c2c(c1)OCCO2.Cl. The summed E-state index contributed by atoms with van der Waals surface area (Å²) in [4.78, 5) is 0. The van der Waals surface area contributed by atoms with Crippen LogP contribution < -0.4 is 14.8 Å². The van der Waals surface area contributed by atoms with Gasteiger partial charge in [-0.15, -0.1) is 12.4 Å². The first-order valence-electron chi connectivity index (χ1n) is 6.85. The molecule has 3 rings (SSSR count). The van der Waals surface area contributed by atoms with Crippen LogP contribution in [0.4, 0.5) is 0 Å². The van der Waals surface area contributed by atoms with Gasteiger partial charge in [0.05, 0.1) is 10.7 Å². The van der Waals surface area contributed by atoms with Gasteiger partial charge in [0.15, 0.2) is 11.5 Å². The number of halogens is 2. The summed E-state index contributed by atoms with van der Waals surface area (Å²) in [7, 11) is 0. The molecule has 120 valence electrons. The van der Waals surface area contributed by atoms with Gasteiger partial charge in [-0.2, -0.15) is 0 Å². The van der Waals surface area contributed by atoms with Crippen LogP contribution in [0, 0.1) is 13.8 Å². The van der Waals surface area contributed by atoms with Gasteiger partial charge < -0.3 is 19.3 Å². The molecule has 0 spiro atoms.